The maximum absolute atomic E-state index is 6.25. The van der Waals surface area contributed by atoms with Gasteiger partial charge in [-0.1, -0.05) is 67.6 Å². The summed E-state index contributed by atoms with van der Waals surface area (Å²) in [5, 5.41) is 0. The number of aromatic nitrogens is 2. The van der Waals surface area contributed by atoms with E-state index in [-0.39, 0.29) is 6.04 Å². The molecule has 27 heavy (non-hydrogen) atoms. The summed E-state index contributed by atoms with van der Waals surface area (Å²) in [5.74, 6) is 0.906. The molecule has 2 aromatic carbocycles. The van der Waals surface area contributed by atoms with Gasteiger partial charge in [-0.2, -0.15) is 4.40 Å². The van der Waals surface area contributed by atoms with Crippen LogP contribution in [-0.4, -0.2) is 4.40 Å². The Morgan fingerprint density at radius 2 is 1.63 bits per heavy atom. The van der Waals surface area contributed by atoms with Crippen molar-refractivity contribution in [1.82, 2.24) is 4.40 Å². The largest absolute Gasteiger partial charge is 0.481 e. The van der Waals surface area contributed by atoms with Gasteiger partial charge in [0.15, 0.2) is 0 Å². The molecular weight excluding hydrogens is 332 g/mol. The van der Waals surface area contributed by atoms with E-state index >= 15 is 0 Å². The highest BCUT2D eigenvalue weighted by atomic mass is 16.5. The second kappa shape index (κ2) is 7.67. The van der Waals surface area contributed by atoms with Gasteiger partial charge in [0.1, 0.15) is 24.5 Å². The van der Waals surface area contributed by atoms with Crippen LogP contribution >= 0.6 is 0 Å². The fraction of sp³-hybridized carbons (Fsp3) is 0.208. The van der Waals surface area contributed by atoms with E-state index in [0.29, 0.717) is 6.61 Å². The lowest BCUT2D eigenvalue weighted by Crippen LogP contribution is -2.39. The molecule has 0 aliphatic carbocycles. The molecule has 0 radical (unpaired) electrons. The van der Waals surface area contributed by atoms with Crippen LogP contribution in [0.3, 0.4) is 0 Å². The number of aryl methyl sites for hydroxylation is 1. The number of imidazole rings is 1. The topological polar surface area (TPSA) is 17.5 Å². The summed E-state index contributed by atoms with van der Waals surface area (Å²) in [5.41, 5.74) is 4.78. The molecule has 0 fully saturated rings. The summed E-state index contributed by atoms with van der Waals surface area (Å²) in [6.45, 7) is 4.94. The Labute approximate surface area is 160 Å². The minimum absolute atomic E-state index is 0.274. The Morgan fingerprint density at radius 1 is 0.926 bits per heavy atom. The van der Waals surface area contributed by atoms with Crippen LogP contribution in [0.4, 0.5) is 0 Å². The molecule has 0 aliphatic rings. The Balaban J connectivity index is 1.77. The van der Waals surface area contributed by atoms with E-state index in [0.717, 1.165) is 17.8 Å². The van der Waals surface area contributed by atoms with E-state index in [4.69, 9.17) is 4.74 Å². The first-order valence-electron chi connectivity index (χ1n) is 9.51. The van der Waals surface area contributed by atoms with Gasteiger partial charge in [-0.15, -0.1) is 0 Å². The number of pyridine rings is 1. The first kappa shape index (κ1) is 17.3. The van der Waals surface area contributed by atoms with Gasteiger partial charge in [-0.3, -0.25) is 0 Å². The third kappa shape index (κ3) is 3.45. The number of fused-ring (bicyclic) bond motifs is 1. The summed E-state index contributed by atoms with van der Waals surface area (Å²) >= 11 is 0. The molecule has 1 atom stereocenters. The van der Waals surface area contributed by atoms with Gasteiger partial charge in [0.25, 0.3) is 0 Å². The first-order chi connectivity index (χ1) is 13.3. The lowest BCUT2D eigenvalue weighted by Gasteiger charge is -2.14. The summed E-state index contributed by atoms with van der Waals surface area (Å²) < 4.78 is 10.8. The first-order valence-corrected chi connectivity index (χ1v) is 9.51. The fourth-order valence-corrected chi connectivity index (χ4v) is 3.69. The number of hydrogen-bond donors (Lipinski definition) is 0. The van der Waals surface area contributed by atoms with Crippen molar-refractivity contribution in [2.75, 3.05) is 0 Å². The number of nitrogens with zero attached hydrogens (tertiary/aromatic N) is 2. The van der Waals surface area contributed by atoms with E-state index in [2.05, 4.69) is 83.7 Å². The predicted octanol–water partition coefficient (Wildman–Crippen LogP) is 5.11. The predicted molar refractivity (Wildman–Crippen MR) is 108 cm³/mol. The molecule has 0 amide bonds. The summed E-state index contributed by atoms with van der Waals surface area (Å²) in [4.78, 5) is 0. The summed E-state index contributed by atoms with van der Waals surface area (Å²) in [6, 6.07) is 25.4. The summed E-state index contributed by atoms with van der Waals surface area (Å²) in [7, 11) is 0. The second-order valence-electron chi connectivity index (χ2n) is 6.85. The molecule has 0 bridgehead atoms. The van der Waals surface area contributed by atoms with E-state index in [1.807, 2.05) is 24.3 Å². The molecule has 4 rings (SSSR count). The highest BCUT2D eigenvalue weighted by Crippen LogP contribution is 2.24. The third-order valence-electron chi connectivity index (χ3n) is 5.03. The Hall–Kier alpha value is -3.07. The highest BCUT2D eigenvalue weighted by molar-refractivity contribution is 5.50. The number of benzene rings is 2. The monoisotopic (exact) mass is 357 g/mol. The lowest BCUT2D eigenvalue weighted by molar-refractivity contribution is -0.689. The van der Waals surface area contributed by atoms with Gasteiger partial charge >= 0.3 is 5.65 Å². The van der Waals surface area contributed by atoms with Crippen LogP contribution in [0.25, 0.3) is 5.65 Å². The van der Waals surface area contributed by atoms with E-state index in [1.165, 1.54) is 16.8 Å². The van der Waals surface area contributed by atoms with Crippen molar-refractivity contribution in [1.29, 1.82) is 0 Å². The lowest BCUT2D eigenvalue weighted by atomic mass is 10.0. The van der Waals surface area contributed by atoms with Gasteiger partial charge < -0.3 is 4.74 Å². The molecular formula is C24H25N2O+. The van der Waals surface area contributed by atoms with E-state index < -0.39 is 0 Å². The van der Waals surface area contributed by atoms with Crippen molar-refractivity contribution in [2.45, 2.75) is 32.9 Å². The fourth-order valence-electron chi connectivity index (χ4n) is 3.69. The normalized spacial score (nSPS) is 12.2. The molecule has 1 unspecified atom stereocenters. The molecule has 0 saturated carbocycles. The molecule has 0 N–H and O–H groups in total. The van der Waals surface area contributed by atoms with E-state index in [1.54, 1.807) is 0 Å². The Morgan fingerprint density at radius 3 is 2.33 bits per heavy atom. The zero-order valence-electron chi connectivity index (χ0n) is 15.9. The van der Waals surface area contributed by atoms with Crippen molar-refractivity contribution in [3.05, 3.63) is 102 Å². The van der Waals surface area contributed by atoms with Gasteiger partial charge in [0.2, 0.25) is 5.75 Å². The second-order valence-corrected chi connectivity index (χ2v) is 6.85. The minimum atomic E-state index is 0.274. The average Bonchev–Trinajstić information content (AvgIpc) is 3.06. The molecule has 136 valence electrons. The quantitative estimate of drug-likeness (QED) is 0.438. The summed E-state index contributed by atoms with van der Waals surface area (Å²) in [6.07, 6.45) is 5.35. The van der Waals surface area contributed by atoms with Crippen molar-refractivity contribution in [3.8, 4) is 5.75 Å². The van der Waals surface area contributed by atoms with Gasteiger partial charge in [-0.25, -0.2) is 4.57 Å². The molecule has 2 aromatic heterocycles. The van der Waals surface area contributed by atoms with E-state index in [9.17, 15) is 0 Å². The van der Waals surface area contributed by atoms with Crippen LogP contribution in [0, 0.1) is 6.92 Å². The smallest absolute Gasteiger partial charge is 0.329 e. The Kier molecular flexibility index (Phi) is 4.93. The van der Waals surface area contributed by atoms with Crippen molar-refractivity contribution in [3.63, 3.8) is 0 Å². The third-order valence-corrected chi connectivity index (χ3v) is 5.03. The number of rotatable bonds is 6. The van der Waals surface area contributed by atoms with Crippen LogP contribution < -0.4 is 9.30 Å². The van der Waals surface area contributed by atoms with Crippen LogP contribution in [0.15, 0.2) is 85.2 Å². The van der Waals surface area contributed by atoms with Crippen molar-refractivity contribution < 1.29 is 9.30 Å². The van der Waals surface area contributed by atoms with Gasteiger partial charge in [-0.05, 0) is 29.7 Å². The highest BCUT2D eigenvalue weighted by Gasteiger charge is 2.25. The molecule has 0 aliphatic heterocycles. The minimum Gasteiger partial charge on any atom is -0.481 e. The number of ether oxygens (including phenoxy) is 1. The average molecular weight is 357 g/mol. The van der Waals surface area contributed by atoms with Gasteiger partial charge in [0, 0.05) is 6.92 Å². The van der Waals surface area contributed by atoms with Crippen LogP contribution in [0.2, 0.25) is 0 Å². The molecule has 3 heteroatoms. The Bertz CT molecular complexity index is 1020. The van der Waals surface area contributed by atoms with Gasteiger partial charge in [0.05, 0.1) is 6.20 Å². The maximum Gasteiger partial charge on any atom is 0.329 e. The zero-order valence-corrected chi connectivity index (χ0v) is 15.9. The molecule has 3 nitrogen and oxygen atoms in total. The SMILES string of the molecule is CCC(c1ccccc1)[n+]1cc(C)n2cccc(OCc3ccccc3)c21. The van der Waals surface area contributed by atoms with Crippen molar-refractivity contribution in [2.24, 2.45) is 0 Å². The standard InChI is InChI=1S/C24H25N2O/c1-3-22(21-13-8-5-9-14-21)26-17-19(2)25-16-10-15-23(24(25)26)27-18-20-11-6-4-7-12-20/h4-17,22H,3,18H2,1-2H3/q+1. The van der Waals surface area contributed by atoms with Crippen LogP contribution in [0.1, 0.15) is 36.2 Å². The van der Waals surface area contributed by atoms with Crippen LogP contribution in [-0.2, 0) is 6.61 Å². The maximum atomic E-state index is 6.25. The molecule has 0 spiro atoms. The number of hydrogen-bond acceptors (Lipinski definition) is 1. The van der Waals surface area contributed by atoms with Crippen LogP contribution in [0.5, 0.6) is 5.75 Å². The molecule has 0 saturated heterocycles. The van der Waals surface area contributed by atoms with Crippen molar-refractivity contribution >= 4 is 5.65 Å². The molecule has 2 heterocycles. The molecule has 4 aromatic rings. The zero-order chi connectivity index (χ0) is 18.6.